The lowest BCUT2D eigenvalue weighted by Crippen LogP contribution is -2.42. The number of amidine groups is 1. The first-order chi connectivity index (χ1) is 9.29. The van der Waals surface area contributed by atoms with Crippen molar-refractivity contribution in [2.75, 3.05) is 18.0 Å². The topological polar surface area (TPSA) is 53.1 Å². The number of nitrogen functional groups attached to an aromatic ring is 1. The molecule has 0 amide bonds. The van der Waals surface area contributed by atoms with Gasteiger partial charge < -0.3 is 10.6 Å². The molecule has 0 aliphatic carbocycles. The van der Waals surface area contributed by atoms with E-state index < -0.39 is 12.1 Å². The van der Waals surface area contributed by atoms with Gasteiger partial charge in [-0.3, -0.25) is 5.41 Å². The summed E-state index contributed by atoms with van der Waals surface area (Å²) in [6.07, 6.45) is -3.61. The zero-order chi connectivity index (χ0) is 14.9. The van der Waals surface area contributed by atoms with Crippen molar-refractivity contribution in [2.45, 2.75) is 19.0 Å². The summed E-state index contributed by atoms with van der Waals surface area (Å²) < 4.78 is 38.5. The van der Waals surface area contributed by atoms with E-state index in [0.29, 0.717) is 29.2 Å². The number of benzene rings is 1. The third kappa shape index (κ3) is 3.17. The van der Waals surface area contributed by atoms with E-state index in [1.54, 1.807) is 23.1 Å². The summed E-state index contributed by atoms with van der Waals surface area (Å²) in [6.45, 7) is 0.386. The fourth-order valence-electron chi connectivity index (χ4n) is 2.46. The standard InChI is InChI=1S/C13H15ClF3N3/c14-9-3-4-10(12(18)19)11(6-9)20-5-1-2-8(7-20)13(15,16)17/h3-4,6,8H,1-2,5,7H2,(H3,18,19). The highest BCUT2D eigenvalue weighted by Crippen LogP contribution is 2.36. The van der Waals surface area contributed by atoms with Crippen LogP contribution in [0.25, 0.3) is 0 Å². The Morgan fingerprint density at radius 3 is 2.70 bits per heavy atom. The number of rotatable bonds is 2. The first-order valence-corrected chi connectivity index (χ1v) is 6.62. The van der Waals surface area contributed by atoms with Crippen LogP contribution in [-0.4, -0.2) is 25.1 Å². The van der Waals surface area contributed by atoms with Gasteiger partial charge in [0.25, 0.3) is 0 Å². The maximum atomic E-state index is 12.8. The van der Waals surface area contributed by atoms with Gasteiger partial charge in [0.05, 0.1) is 5.92 Å². The van der Waals surface area contributed by atoms with Crippen molar-refractivity contribution in [1.82, 2.24) is 0 Å². The number of piperidine rings is 1. The first-order valence-electron chi connectivity index (χ1n) is 6.24. The number of alkyl halides is 3. The van der Waals surface area contributed by atoms with Gasteiger partial charge in [-0.05, 0) is 31.0 Å². The summed E-state index contributed by atoms with van der Waals surface area (Å²) in [5.74, 6) is -1.53. The van der Waals surface area contributed by atoms with E-state index in [4.69, 9.17) is 22.7 Å². The molecule has 0 bridgehead atoms. The predicted molar refractivity (Wildman–Crippen MR) is 73.5 cm³/mol. The highest BCUT2D eigenvalue weighted by Gasteiger charge is 2.42. The van der Waals surface area contributed by atoms with Crippen LogP contribution in [-0.2, 0) is 0 Å². The number of anilines is 1. The summed E-state index contributed by atoms with van der Waals surface area (Å²) >= 11 is 5.91. The molecule has 7 heteroatoms. The Balaban J connectivity index is 2.31. The molecule has 0 spiro atoms. The van der Waals surface area contributed by atoms with Gasteiger partial charge in [0.2, 0.25) is 0 Å². The van der Waals surface area contributed by atoms with Gasteiger partial charge in [-0.15, -0.1) is 0 Å². The lowest BCUT2D eigenvalue weighted by molar-refractivity contribution is -0.175. The Morgan fingerprint density at radius 1 is 1.40 bits per heavy atom. The molecule has 1 aromatic rings. The van der Waals surface area contributed by atoms with E-state index in [1.807, 2.05) is 0 Å². The quantitative estimate of drug-likeness (QED) is 0.650. The molecule has 110 valence electrons. The van der Waals surface area contributed by atoms with Crippen molar-refractivity contribution in [1.29, 1.82) is 5.41 Å². The van der Waals surface area contributed by atoms with Gasteiger partial charge in [0.15, 0.2) is 0 Å². The van der Waals surface area contributed by atoms with Gasteiger partial charge in [-0.1, -0.05) is 11.6 Å². The summed E-state index contributed by atoms with van der Waals surface area (Å²) in [5, 5.41) is 7.94. The van der Waals surface area contributed by atoms with Crippen LogP contribution in [0.4, 0.5) is 18.9 Å². The smallest absolute Gasteiger partial charge is 0.384 e. The monoisotopic (exact) mass is 305 g/mol. The minimum Gasteiger partial charge on any atom is -0.384 e. The molecule has 3 N–H and O–H groups in total. The van der Waals surface area contributed by atoms with Crippen molar-refractivity contribution >= 4 is 23.1 Å². The maximum Gasteiger partial charge on any atom is 0.393 e. The normalized spacial score (nSPS) is 20.0. The first kappa shape index (κ1) is 15.0. The van der Waals surface area contributed by atoms with Gasteiger partial charge in [-0.25, -0.2) is 0 Å². The molecule has 1 unspecified atom stereocenters. The molecule has 1 aliphatic rings. The number of nitrogens with one attached hydrogen (secondary N) is 1. The van der Waals surface area contributed by atoms with Crippen molar-refractivity contribution in [3.05, 3.63) is 28.8 Å². The van der Waals surface area contributed by atoms with E-state index >= 15 is 0 Å². The van der Waals surface area contributed by atoms with Crippen LogP contribution >= 0.6 is 11.6 Å². The third-order valence-corrected chi connectivity index (χ3v) is 3.71. The second-order valence-electron chi connectivity index (χ2n) is 4.90. The van der Waals surface area contributed by atoms with Gasteiger partial charge in [-0.2, -0.15) is 13.2 Å². The van der Waals surface area contributed by atoms with Gasteiger partial charge in [0.1, 0.15) is 5.84 Å². The van der Waals surface area contributed by atoms with Crippen LogP contribution in [0.5, 0.6) is 0 Å². The van der Waals surface area contributed by atoms with Crippen molar-refractivity contribution in [2.24, 2.45) is 11.7 Å². The molecule has 1 aromatic carbocycles. The molecular weight excluding hydrogens is 291 g/mol. The zero-order valence-corrected chi connectivity index (χ0v) is 11.4. The Kier molecular flexibility index (Phi) is 4.13. The molecule has 3 nitrogen and oxygen atoms in total. The third-order valence-electron chi connectivity index (χ3n) is 3.47. The molecular formula is C13H15ClF3N3. The largest absolute Gasteiger partial charge is 0.393 e. The van der Waals surface area contributed by atoms with Crippen molar-refractivity contribution in [3.8, 4) is 0 Å². The van der Waals surface area contributed by atoms with Gasteiger partial charge >= 0.3 is 6.18 Å². The highest BCUT2D eigenvalue weighted by molar-refractivity contribution is 6.31. The second-order valence-corrected chi connectivity index (χ2v) is 5.34. The van der Waals surface area contributed by atoms with Crippen LogP contribution in [0.15, 0.2) is 18.2 Å². The molecule has 0 radical (unpaired) electrons. The van der Waals surface area contributed by atoms with Crippen molar-refractivity contribution < 1.29 is 13.2 Å². The van der Waals surface area contributed by atoms with E-state index in [9.17, 15) is 13.2 Å². The molecule has 0 aromatic heterocycles. The molecule has 20 heavy (non-hydrogen) atoms. The average molecular weight is 306 g/mol. The van der Waals surface area contributed by atoms with Gasteiger partial charge in [0, 0.05) is 29.4 Å². The van der Waals surface area contributed by atoms with Crippen LogP contribution in [0.2, 0.25) is 5.02 Å². The fraction of sp³-hybridized carbons (Fsp3) is 0.462. The molecule has 1 aliphatic heterocycles. The fourth-order valence-corrected chi connectivity index (χ4v) is 2.62. The summed E-state index contributed by atoms with van der Waals surface area (Å²) in [7, 11) is 0. The van der Waals surface area contributed by atoms with E-state index in [0.717, 1.165) is 0 Å². The van der Waals surface area contributed by atoms with Crippen LogP contribution in [0, 0.1) is 11.3 Å². The molecule has 1 heterocycles. The minimum atomic E-state index is -4.20. The maximum absolute atomic E-state index is 12.8. The molecule has 1 atom stereocenters. The Morgan fingerprint density at radius 2 is 2.10 bits per heavy atom. The van der Waals surface area contributed by atoms with Crippen molar-refractivity contribution in [3.63, 3.8) is 0 Å². The molecule has 1 fully saturated rings. The number of hydrogen-bond acceptors (Lipinski definition) is 2. The zero-order valence-electron chi connectivity index (χ0n) is 10.7. The Labute approximate surface area is 120 Å². The summed E-state index contributed by atoms with van der Waals surface area (Å²) in [5.41, 5.74) is 6.40. The lowest BCUT2D eigenvalue weighted by Gasteiger charge is -2.36. The predicted octanol–water partition coefficient (Wildman–Crippen LogP) is 3.40. The highest BCUT2D eigenvalue weighted by atomic mass is 35.5. The van der Waals surface area contributed by atoms with E-state index in [2.05, 4.69) is 0 Å². The minimum absolute atomic E-state index is 0.121. The summed E-state index contributed by atoms with van der Waals surface area (Å²) in [6, 6.07) is 4.71. The van der Waals surface area contributed by atoms with Crippen LogP contribution in [0.1, 0.15) is 18.4 Å². The number of hydrogen-bond donors (Lipinski definition) is 2. The second kappa shape index (κ2) is 5.52. The average Bonchev–Trinajstić information content (AvgIpc) is 2.37. The Bertz CT molecular complexity index is 516. The number of nitrogens with two attached hydrogens (primary N) is 1. The van der Waals surface area contributed by atoms with E-state index in [1.165, 1.54) is 0 Å². The van der Waals surface area contributed by atoms with Crippen LogP contribution < -0.4 is 10.6 Å². The molecule has 2 rings (SSSR count). The van der Waals surface area contributed by atoms with Crippen LogP contribution in [0.3, 0.4) is 0 Å². The SMILES string of the molecule is N=C(N)c1ccc(Cl)cc1N1CCCC(C(F)(F)F)C1. The molecule has 0 saturated carbocycles. The lowest BCUT2D eigenvalue weighted by atomic mass is 9.96. The number of nitrogens with zero attached hydrogens (tertiary/aromatic N) is 1. The van der Waals surface area contributed by atoms with E-state index in [-0.39, 0.29) is 18.8 Å². The molecule has 1 saturated heterocycles. The number of halogens is 4. The summed E-state index contributed by atoms with van der Waals surface area (Å²) in [4.78, 5) is 1.62. The Hall–Kier alpha value is -1.43.